The molecule has 1 aromatic heterocycles. The molecule has 20 heavy (non-hydrogen) atoms. The highest BCUT2D eigenvalue weighted by Crippen LogP contribution is 2.23. The first kappa shape index (κ1) is 13.1. The summed E-state index contributed by atoms with van der Waals surface area (Å²) in [5, 5.41) is 0. The van der Waals surface area contributed by atoms with Crippen molar-refractivity contribution in [3.63, 3.8) is 0 Å². The van der Waals surface area contributed by atoms with Gasteiger partial charge in [0.15, 0.2) is 0 Å². The van der Waals surface area contributed by atoms with E-state index in [-0.39, 0.29) is 0 Å². The number of aryl methyl sites for hydroxylation is 1. The molecule has 4 heteroatoms. The van der Waals surface area contributed by atoms with Gasteiger partial charge in [-0.3, -0.25) is 0 Å². The van der Waals surface area contributed by atoms with Gasteiger partial charge in [-0.05, 0) is 30.9 Å². The molecule has 0 spiro atoms. The van der Waals surface area contributed by atoms with Crippen LogP contribution in [0, 0.1) is 6.92 Å². The molecule has 2 N–H and O–H groups in total. The number of rotatable bonds is 2. The Labute approximate surface area is 119 Å². The molecule has 1 saturated heterocycles. The van der Waals surface area contributed by atoms with Gasteiger partial charge in [0.05, 0.1) is 0 Å². The zero-order valence-corrected chi connectivity index (χ0v) is 11.8. The van der Waals surface area contributed by atoms with Crippen LogP contribution in [0.4, 0.5) is 5.95 Å². The number of aromatic nitrogens is 2. The zero-order chi connectivity index (χ0) is 13.9. The average molecular weight is 268 g/mol. The molecule has 1 fully saturated rings. The SMILES string of the molecule is Cc1ccccc1-c1cnc(N2CCC(N)CC2)nc1. The molecule has 0 amide bonds. The van der Waals surface area contributed by atoms with Crippen LogP contribution in [0.5, 0.6) is 0 Å². The van der Waals surface area contributed by atoms with Crippen molar-refractivity contribution in [2.45, 2.75) is 25.8 Å². The standard InChI is InChI=1S/C16H20N4/c1-12-4-2-3-5-15(12)13-10-18-16(19-11-13)20-8-6-14(17)7-9-20/h2-5,10-11,14H,6-9,17H2,1H3. The van der Waals surface area contributed by atoms with Crippen LogP contribution >= 0.6 is 0 Å². The van der Waals surface area contributed by atoms with Gasteiger partial charge in [-0.1, -0.05) is 24.3 Å². The van der Waals surface area contributed by atoms with Gasteiger partial charge in [0, 0.05) is 37.1 Å². The molecule has 0 aliphatic carbocycles. The Hall–Kier alpha value is -1.94. The van der Waals surface area contributed by atoms with Crippen molar-refractivity contribution < 1.29 is 0 Å². The number of hydrogen-bond acceptors (Lipinski definition) is 4. The summed E-state index contributed by atoms with van der Waals surface area (Å²) in [5.74, 6) is 0.814. The molecule has 1 aliphatic rings. The lowest BCUT2D eigenvalue weighted by atomic mass is 10.0. The molecule has 0 radical (unpaired) electrons. The fraction of sp³-hybridized carbons (Fsp3) is 0.375. The van der Waals surface area contributed by atoms with Crippen molar-refractivity contribution in [3.05, 3.63) is 42.2 Å². The second-order valence-electron chi connectivity index (χ2n) is 5.41. The van der Waals surface area contributed by atoms with Gasteiger partial charge in [-0.25, -0.2) is 9.97 Å². The van der Waals surface area contributed by atoms with Crippen LogP contribution in [-0.4, -0.2) is 29.1 Å². The van der Waals surface area contributed by atoms with Gasteiger partial charge < -0.3 is 10.6 Å². The van der Waals surface area contributed by atoms with Crippen molar-refractivity contribution in [1.82, 2.24) is 9.97 Å². The molecule has 2 heterocycles. The monoisotopic (exact) mass is 268 g/mol. The largest absolute Gasteiger partial charge is 0.341 e. The Balaban J connectivity index is 1.80. The summed E-state index contributed by atoms with van der Waals surface area (Å²) in [4.78, 5) is 11.3. The minimum absolute atomic E-state index is 0.331. The lowest BCUT2D eigenvalue weighted by molar-refractivity contribution is 0.495. The van der Waals surface area contributed by atoms with E-state index in [1.807, 2.05) is 24.5 Å². The van der Waals surface area contributed by atoms with Crippen molar-refractivity contribution >= 4 is 5.95 Å². The van der Waals surface area contributed by atoms with E-state index in [0.29, 0.717) is 6.04 Å². The van der Waals surface area contributed by atoms with Crippen LogP contribution in [0.3, 0.4) is 0 Å². The number of anilines is 1. The number of hydrogen-bond donors (Lipinski definition) is 1. The zero-order valence-electron chi connectivity index (χ0n) is 11.8. The van der Waals surface area contributed by atoms with Crippen molar-refractivity contribution in [1.29, 1.82) is 0 Å². The third kappa shape index (κ3) is 2.65. The summed E-state index contributed by atoms with van der Waals surface area (Å²) in [7, 11) is 0. The molecule has 0 atom stereocenters. The second kappa shape index (κ2) is 5.59. The van der Waals surface area contributed by atoms with Gasteiger partial charge in [-0.15, -0.1) is 0 Å². The van der Waals surface area contributed by atoms with Crippen LogP contribution in [0.25, 0.3) is 11.1 Å². The molecule has 4 nitrogen and oxygen atoms in total. The van der Waals surface area contributed by atoms with Crippen molar-refractivity contribution in [3.8, 4) is 11.1 Å². The van der Waals surface area contributed by atoms with Gasteiger partial charge in [-0.2, -0.15) is 0 Å². The van der Waals surface area contributed by atoms with Crippen LogP contribution in [0.2, 0.25) is 0 Å². The Morgan fingerprint density at radius 2 is 1.75 bits per heavy atom. The summed E-state index contributed by atoms with van der Waals surface area (Å²) in [6.07, 6.45) is 5.87. The first-order chi connectivity index (χ1) is 9.74. The number of nitrogens with zero attached hydrogens (tertiary/aromatic N) is 3. The van der Waals surface area contributed by atoms with Gasteiger partial charge >= 0.3 is 0 Å². The predicted octanol–water partition coefficient (Wildman–Crippen LogP) is 2.38. The number of piperidine rings is 1. The minimum Gasteiger partial charge on any atom is -0.341 e. The predicted molar refractivity (Wildman–Crippen MR) is 81.6 cm³/mol. The lowest BCUT2D eigenvalue weighted by Crippen LogP contribution is -2.40. The topological polar surface area (TPSA) is 55.0 Å². The van der Waals surface area contributed by atoms with Crippen LogP contribution in [0.15, 0.2) is 36.7 Å². The molecule has 2 aromatic rings. The van der Waals surface area contributed by atoms with E-state index in [0.717, 1.165) is 37.4 Å². The summed E-state index contributed by atoms with van der Waals surface area (Å²) >= 11 is 0. The van der Waals surface area contributed by atoms with E-state index >= 15 is 0 Å². The van der Waals surface area contributed by atoms with Crippen LogP contribution in [0.1, 0.15) is 18.4 Å². The maximum absolute atomic E-state index is 5.92. The summed E-state index contributed by atoms with van der Waals surface area (Å²) < 4.78 is 0. The third-order valence-electron chi connectivity index (χ3n) is 3.92. The second-order valence-corrected chi connectivity index (χ2v) is 5.41. The quantitative estimate of drug-likeness (QED) is 0.908. The van der Waals surface area contributed by atoms with Crippen LogP contribution < -0.4 is 10.6 Å². The smallest absolute Gasteiger partial charge is 0.225 e. The van der Waals surface area contributed by atoms with Gasteiger partial charge in [0.2, 0.25) is 5.95 Å². The average Bonchev–Trinajstić information content (AvgIpc) is 2.49. The van der Waals surface area contributed by atoms with Crippen molar-refractivity contribution in [2.75, 3.05) is 18.0 Å². The van der Waals surface area contributed by atoms with E-state index in [4.69, 9.17) is 5.73 Å². The number of nitrogens with two attached hydrogens (primary N) is 1. The Kier molecular flexibility index (Phi) is 3.65. The summed E-state index contributed by atoms with van der Waals surface area (Å²) in [6, 6.07) is 8.63. The van der Waals surface area contributed by atoms with Crippen LogP contribution in [-0.2, 0) is 0 Å². The summed E-state index contributed by atoms with van der Waals surface area (Å²) in [5.41, 5.74) is 9.43. The van der Waals surface area contributed by atoms with E-state index in [9.17, 15) is 0 Å². The fourth-order valence-corrected chi connectivity index (χ4v) is 2.62. The third-order valence-corrected chi connectivity index (χ3v) is 3.92. The Bertz CT molecular complexity index is 571. The van der Waals surface area contributed by atoms with Gasteiger partial charge in [0.25, 0.3) is 0 Å². The Morgan fingerprint density at radius 1 is 1.10 bits per heavy atom. The van der Waals surface area contributed by atoms with Gasteiger partial charge in [0.1, 0.15) is 0 Å². The maximum atomic E-state index is 5.92. The molecule has 3 rings (SSSR count). The highest BCUT2D eigenvalue weighted by Gasteiger charge is 2.18. The molecule has 1 aromatic carbocycles. The lowest BCUT2D eigenvalue weighted by Gasteiger charge is -2.30. The minimum atomic E-state index is 0.331. The van der Waals surface area contributed by atoms with E-state index in [2.05, 4.69) is 33.9 Å². The molecule has 0 bridgehead atoms. The fourth-order valence-electron chi connectivity index (χ4n) is 2.62. The summed E-state index contributed by atoms with van der Waals surface area (Å²) in [6.45, 7) is 4.00. The molecule has 104 valence electrons. The van der Waals surface area contributed by atoms with Crippen molar-refractivity contribution in [2.24, 2.45) is 5.73 Å². The normalized spacial score (nSPS) is 16.4. The maximum Gasteiger partial charge on any atom is 0.225 e. The first-order valence-corrected chi connectivity index (χ1v) is 7.12. The first-order valence-electron chi connectivity index (χ1n) is 7.12. The molecule has 0 saturated carbocycles. The highest BCUT2D eigenvalue weighted by molar-refractivity contribution is 5.65. The Morgan fingerprint density at radius 3 is 2.40 bits per heavy atom. The number of benzene rings is 1. The molecule has 0 unspecified atom stereocenters. The molecule has 1 aliphatic heterocycles. The van der Waals surface area contributed by atoms with E-state index in [1.54, 1.807) is 0 Å². The highest BCUT2D eigenvalue weighted by atomic mass is 15.2. The van der Waals surface area contributed by atoms with E-state index < -0.39 is 0 Å². The van der Waals surface area contributed by atoms with E-state index in [1.165, 1.54) is 11.1 Å². The molecular weight excluding hydrogens is 248 g/mol. The molecular formula is C16H20N4.